The predicted molar refractivity (Wildman–Crippen MR) is 77.8 cm³/mol. The van der Waals surface area contributed by atoms with Crippen LogP contribution >= 0.6 is 0 Å². The van der Waals surface area contributed by atoms with Crippen LogP contribution in [0.15, 0.2) is 24.3 Å². The SMILES string of the molecule is C[C@@H]1/C=C/CC(=O)OC[C@H](C)C(=O)OC[C@H]2O[C@H]1C=C[C@@H]2O. The van der Waals surface area contributed by atoms with Crippen LogP contribution in [0.3, 0.4) is 0 Å². The molecule has 0 aromatic carbocycles. The van der Waals surface area contributed by atoms with Gasteiger partial charge in [-0.3, -0.25) is 9.59 Å². The fourth-order valence-electron chi connectivity index (χ4n) is 2.25. The highest BCUT2D eigenvalue weighted by Crippen LogP contribution is 2.21. The van der Waals surface area contributed by atoms with Gasteiger partial charge in [0.2, 0.25) is 0 Å². The van der Waals surface area contributed by atoms with Gasteiger partial charge in [0.15, 0.2) is 0 Å². The number of aliphatic hydroxyl groups is 1. The third-order valence-corrected chi connectivity index (χ3v) is 3.74. The summed E-state index contributed by atoms with van der Waals surface area (Å²) < 4.78 is 16.0. The van der Waals surface area contributed by atoms with Crippen molar-refractivity contribution in [3.8, 4) is 0 Å². The summed E-state index contributed by atoms with van der Waals surface area (Å²) in [6.07, 6.45) is 5.57. The van der Waals surface area contributed by atoms with Crippen molar-refractivity contribution in [1.82, 2.24) is 0 Å². The topological polar surface area (TPSA) is 82.1 Å². The Labute approximate surface area is 129 Å². The molecule has 2 aliphatic rings. The molecule has 6 heteroatoms. The van der Waals surface area contributed by atoms with Crippen molar-refractivity contribution in [1.29, 1.82) is 0 Å². The highest BCUT2D eigenvalue weighted by Gasteiger charge is 2.30. The van der Waals surface area contributed by atoms with Gasteiger partial charge in [-0.2, -0.15) is 0 Å². The molecular formula is C16H22O6. The van der Waals surface area contributed by atoms with Crippen molar-refractivity contribution >= 4 is 11.9 Å². The number of hydrogen-bond donors (Lipinski definition) is 1. The third kappa shape index (κ3) is 4.42. The van der Waals surface area contributed by atoms with Crippen LogP contribution in [0.1, 0.15) is 20.3 Å². The molecule has 2 heterocycles. The number of esters is 2. The minimum atomic E-state index is -0.804. The van der Waals surface area contributed by atoms with Crippen molar-refractivity contribution in [3.05, 3.63) is 24.3 Å². The van der Waals surface area contributed by atoms with Crippen molar-refractivity contribution < 1.29 is 28.9 Å². The van der Waals surface area contributed by atoms with Gasteiger partial charge in [0, 0.05) is 5.92 Å². The first-order valence-corrected chi connectivity index (χ1v) is 7.48. The maximum Gasteiger partial charge on any atom is 0.312 e. The van der Waals surface area contributed by atoms with E-state index in [1.165, 1.54) is 0 Å². The minimum absolute atomic E-state index is 0.0162. The number of fused-ring (bicyclic) bond motifs is 2. The van der Waals surface area contributed by atoms with E-state index in [4.69, 9.17) is 14.2 Å². The quantitative estimate of drug-likeness (QED) is 0.531. The van der Waals surface area contributed by atoms with E-state index in [2.05, 4.69) is 0 Å². The summed E-state index contributed by atoms with van der Waals surface area (Å²) >= 11 is 0. The summed E-state index contributed by atoms with van der Waals surface area (Å²) in [5, 5.41) is 9.91. The third-order valence-electron chi connectivity index (χ3n) is 3.74. The number of carbonyl (C=O) groups excluding carboxylic acids is 2. The van der Waals surface area contributed by atoms with E-state index in [9.17, 15) is 14.7 Å². The number of hydrogen-bond acceptors (Lipinski definition) is 6. The van der Waals surface area contributed by atoms with Gasteiger partial charge < -0.3 is 19.3 Å². The van der Waals surface area contributed by atoms with E-state index in [0.717, 1.165) is 0 Å². The molecule has 0 amide bonds. The summed E-state index contributed by atoms with van der Waals surface area (Å²) in [6.45, 7) is 3.53. The Hall–Kier alpha value is -1.66. The Kier molecular flexibility index (Phi) is 5.74. The molecule has 6 nitrogen and oxygen atoms in total. The van der Waals surface area contributed by atoms with Gasteiger partial charge in [-0.25, -0.2) is 0 Å². The Balaban J connectivity index is 2.12. The molecule has 0 fully saturated rings. The lowest BCUT2D eigenvalue weighted by molar-refractivity contribution is -0.162. The van der Waals surface area contributed by atoms with Crippen molar-refractivity contribution in [3.63, 3.8) is 0 Å². The van der Waals surface area contributed by atoms with Gasteiger partial charge >= 0.3 is 11.9 Å². The summed E-state index contributed by atoms with van der Waals surface area (Å²) in [5.41, 5.74) is 0. The average Bonchev–Trinajstić information content (AvgIpc) is 2.50. The number of aliphatic hydroxyl groups excluding tert-OH is 1. The molecule has 0 radical (unpaired) electrons. The molecule has 22 heavy (non-hydrogen) atoms. The number of rotatable bonds is 0. The van der Waals surface area contributed by atoms with Gasteiger partial charge in [-0.15, -0.1) is 0 Å². The van der Waals surface area contributed by atoms with E-state index in [1.54, 1.807) is 25.2 Å². The van der Waals surface area contributed by atoms with Gasteiger partial charge in [-0.1, -0.05) is 31.2 Å². The van der Waals surface area contributed by atoms with E-state index in [-0.39, 0.29) is 37.6 Å². The zero-order valence-electron chi connectivity index (χ0n) is 12.8. The van der Waals surface area contributed by atoms with Gasteiger partial charge in [0.25, 0.3) is 0 Å². The first-order chi connectivity index (χ1) is 10.5. The molecule has 0 unspecified atom stereocenters. The highest BCUT2D eigenvalue weighted by atomic mass is 16.6. The summed E-state index contributed by atoms with van der Waals surface area (Å²) in [4.78, 5) is 23.4. The second-order valence-electron chi connectivity index (χ2n) is 5.72. The normalized spacial score (nSPS) is 38.6. The number of cyclic esters (lactones) is 2. The maximum absolute atomic E-state index is 11.8. The summed E-state index contributed by atoms with van der Waals surface area (Å²) in [6, 6.07) is 0. The highest BCUT2D eigenvalue weighted by molar-refractivity contribution is 5.74. The van der Waals surface area contributed by atoms with Crippen molar-refractivity contribution in [2.24, 2.45) is 11.8 Å². The molecule has 0 saturated heterocycles. The first-order valence-electron chi connectivity index (χ1n) is 7.48. The van der Waals surface area contributed by atoms with Crippen LogP contribution in [0.2, 0.25) is 0 Å². The lowest BCUT2D eigenvalue weighted by Gasteiger charge is -2.31. The Bertz CT molecular complexity index is 469. The molecule has 2 rings (SSSR count). The number of carbonyl (C=O) groups is 2. The Morgan fingerprint density at radius 3 is 2.64 bits per heavy atom. The molecule has 5 atom stereocenters. The van der Waals surface area contributed by atoms with Crippen LogP contribution in [-0.2, 0) is 23.8 Å². The van der Waals surface area contributed by atoms with Crippen LogP contribution in [0.25, 0.3) is 0 Å². The Morgan fingerprint density at radius 1 is 1.09 bits per heavy atom. The average molecular weight is 310 g/mol. The molecule has 2 bridgehead atoms. The van der Waals surface area contributed by atoms with Crippen molar-refractivity contribution in [2.75, 3.05) is 13.2 Å². The fourth-order valence-corrected chi connectivity index (χ4v) is 2.25. The second kappa shape index (κ2) is 7.56. The fraction of sp³-hybridized carbons (Fsp3) is 0.625. The van der Waals surface area contributed by atoms with Gasteiger partial charge in [0.05, 0.1) is 18.4 Å². The molecule has 0 aromatic heterocycles. The zero-order chi connectivity index (χ0) is 16.1. The predicted octanol–water partition coefficient (Wildman–Crippen LogP) is 0.989. The van der Waals surface area contributed by atoms with E-state index < -0.39 is 24.1 Å². The minimum Gasteiger partial charge on any atom is -0.465 e. The molecule has 2 aliphatic heterocycles. The molecule has 0 spiro atoms. The van der Waals surface area contributed by atoms with Gasteiger partial charge in [-0.05, 0) is 6.92 Å². The Morgan fingerprint density at radius 2 is 1.86 bits per heavy atom. The maximum atomic E-state index is 11.8. The summed E-state index contributed by atoms with van der Waals surface area (Å²) in [7, 11) is 0. The molecule has 0 aromatic rings. The largest absolute Gasteiger partial charge is 0.465 e. The van der Waals surface area contributed by atoms with Crippen LogP contribution in [0, 0.1) is 11.8 Å². The smallest absolute Gasteiger partial charge is 0.312 e. The van der Waals surface area contributed by atoms with E-state index >= 15 is 0 Å². The zero-order valence-corrected chi connectivity index (χ0v) is 12.8. The van der Waals surface area contributed by atoms with Crippen molar-refractivity contribution in [2.45, 2.75) is 38.6 Å². The summed E-state index contributed by atoms with van der Waals surface area (Å²) in [5.74, 6) is -1.39. The monoisotopic (exact) mass is 310 g/mol. The molecule has 1 N–H and O–H groups in total. The molecular weight excluding hydrogens is 288 g/mol. The lowest BCUT2D eigenvalue weighted by Crippen LogP contribution is -2.41. The molecule has 0 saturated carbocycles. The standard InChI is InChI=1S/C16H22O6/c1-10-4-3-5-15(18)20-8-11(2)16(19)21-9-14-12(17)6-7-13(10)22-14/h3-4,6-7,10-14,17H,5,8-9H2,1-2H3/b4-3+/t10-,11+,12+,13+,14-/m1/s1. The van der Waals surface area contributed by atoms with Crippen LogP contribution < -0.4 is 0 Å². The first kappa shape index (κ1) is 16.7. The van der Waals surface area contributed by atoms with Gasteiger partial charge in [0.1, 0.15) is 25.4 Å². The number of ether oxygens (including phenoxy) is 3. The van der Waals surface area contributed by atoms with Crippen LogP contribution in [-0.4, -0.2) is 48.6 Å². The van der Waals surface area contributed by atoms with E-state index in [1.807, 2.05) is 13.0 Å². The lowest BCUT2D eigenvalue weighted by atomic mass is 9.99. The second-order valence-corrected chi connectivity index (χ2v) is 5.72. The van der Waals surface area contributed by atoms with Crippen LogP contribution in [0.4, 0.5) is 0 Å². The molecule has 0 aliphatic carbocycles. The van der Waals surface area contributed by atoms with E-state index in [0.29, 0.717) is 0 Å². The molecule has 122 valence electrons. The van der Waals surface area contributed by atoms with Crippen LogP contribution in [0.5, 0.6) is 0 Å².